The van der Waals surface area contributed by atoms with E-state index in [0.29, 0.717) is 6.04 Å². The van der Waals surface area contributed by atoms with E-state index >= 15 is 0 Å². The van der Waals surface area contributed by atoms with Crippen LogP contribution in [0, 0.1) is 6.92 Å². The number of hydrogen-bond acceptors (Lipinski definition) is 3. The summed E-state index contributed by atoms with van der Waals surface area (Å²) >= 11 is 0. The van der Waals surface area contributed by atoms with Gasteiger partial charge in [-0.1, -0.05) is 18.2 Å². The van der Waals surface area contributed by atoms with Crippen molar-refractivity contribution in [3.8, 4) is 5.69 Å². The summed E-state index contributed by atoms with van der Waals surface area (Å²) in [4.78, 5) is 4.89. The fourth-order valence-electron chi connectivity index (χ4n) is 3.34. The summed E-state index contributed by atoms with van der Waals surface area (Å²) in [6.45, 7) is 5.45. The van der Waals surface area contributed by atoms with Gasteiger partial charge in [0.15, 0.2) is 0 Å². The third kappa shape index (κ3) is 3.39. The summed E-state index contributed by atoms with van der Waals surface area (Å²) in [5.74, 6) is 0. The van der Waals surface area contributed by atoms with E-state index in [1.807, 2.05) is 10.9 Å². The molecule has 0 amide bonds. The van der Waals surface area contributed by atoms with Gasteiger partial charge >= 0.3 is 0 Å². The minimum Gasteiger partial charge on any atom is -0.302 e. The van der Waals surface area contributed by atoms with Gasteiger partial charge in [0.2, 0.25) is 0 Å². The molecular formula is C18H26N4. The van der Waals surface area contributed by atoms with Gasteiger partial charge in [0.05, 0.1) is 11.9 Å². The number of benzene rings is 1. The third-order valence-corrected chi connectivity index (χ3v) is 4.64. The van der Waals surface area contributed by atoms with Gasteiger partial charge in [-0.15, -0.1) is 0 Å². The lowest BCUT2D eigenvalue weighted by molar-refractivity contribution is 0.215. The molecule has 4 heteroatoms. The maximum atomic E-state index is 4.53. The summed E-state index contributed by atoms with van der Waals surface area (Å²) in [6.07, 6.45) is 6.79. The zero-order valence-corrected chi connectivity index (χ0v) is 13.9. The lowest BCUT2D eigenvalue weighted by Gasteiger charge is -2.25. The Balaban J connectivity index is 1.63. The molecule has 0 N–H and O–H groups in total. The Labute approximate surface area is 133 Å². The molecule has 0 bridgehead atoms. The van der Waals surface area contributed by atoms with Crippen molar-refractivity contribution in [3.63, 3.8) is 0 Å². The second kappa shape index (κ2) is 6.63. The molecule has 1 aromatic heterocycles. The van der Waals surface area contributed by atoms with Gasteiger partial charge in [0.25, 0.3) is 0 Å². The number of aryl methyl sites for hydroxylation is 1. The fourth-order valence-corrected chi connectivity index (χ4v) is 3.34. The van der Waals surface area contributed by atoms with Crippen molar-refractivity contribution in [1.29, 1.82) is 0 Å². The van der Waals surface area contributed by atoms with Crippen molar-refractivity contribution < 1.29 is 0 Å². The first-order chi connectivity index (χ1) is 10.6. The van der Waals surface area contributed by atoms with Gasteiger partial charge in [-0.3, -0.25) is 0 Å². The van der Waals surface area contributed by atoms with Crippen LogP contribution in [-0.4, -0.2) is 52.8 Å². The molecular weight excluding hydrogens is 272 g/mol. The topological polar surface area (TPSA) is 24.3 Å². The summed E-state index contributed by atoms with van der Waals surface area (Å²) < 4.78 is 1.99. The van der Waals surface area contributed by atoms with Crippen LogP contribution in [0.15, 0.2) is 36.7 Å². The Morgan fingerprint density at radius 3 is 2.86 bits per heavy atom. The Morgan fingerprint density at radius 1 is 1.32 bits per heavy atom. The molecule has 1 atom stereocenters. The Bertz CT molecular complexity index is 619. The summed E-state index contributed by atoms with van der Waals surface area (Å²) in [5.41, 5.74) is 3.68. The maximum Gasteiger partial charge on any atom is 0.0674 e. The quantitative estimate of drug-likeness (QED) is 0.848. The van der Waals surface area contributed by atoms with Crippen LogP contribution < -0.4 is 0 Å². The highest BCUT2D eigenvalue weighted by atomic mass is 15.3. The highest BCUT2D eigenvalue weighted by molar-refractivity contribution is 5.39. The summed E-state index contributed by atoms with van der Waals surface area (Å²) in [6, 6.07) is 9.07. The molecule has 0 aliphatic carbocycles. The molecule has 2 aromatic rings. The van der Waals surface area contributed by atoms with E-state index < -0.39 is 0 Å². The van der Waals surface area contributed by atoms with Gasteiger partial charge in [-0.05, 0) is 52.0 Å². The zero-order valence-electron chi connectivity index (χ0n) is 13.9. The first kappa shape index (κ1) is 15.3. The van der Waals surface area contributed by atoms with Gasteiger partial charge in [0.1, 0.15) is 0 Å². The lowest BCUT2D eigenvalue weighted by atomic mass is 10.2. The van der Waals surface area contributed by atoms with Crippen LogP contribution in [0.1, 0.15) is 24.0 Å². The predicted molar refractivity (Wildman–Crippen MR) is 90.3 cm³/mol. The first-order valence-electron chi connectivity index (χ1n) is 8.12. The highest BCUT2D eigenvalue weighted by Gasteiger charge is 2.22. The van der Waals surface area contributed by atoms with E-state index in [9.17, 15) is 0 Å². The number of likely N-dealkylation sites (tertiary alicyclic amines) is 1. The molecule has 2 heterocycles. The van der Waals surface area contributed by atoms with Crippen LogP contribution in [0.5, 0.6) is 0 Å². The van der Waals surface area contributed by atoms with Crippen LogP contribution in [0.4, 0.5) is 0 Å². The highest BCUT2D eigenvalue weighted by Crippen LogP contribution is 2.17. The van der Waals surface area contributed by atoms with Crippen molar-refractivity contribution in [2.24, 2.45) is 0 Å². The Morgan fingerprint density at radius 2 is 2.14 bits per heavy atom. The van der Waals surface area contributed by atoms with E-state index in [1.165, 1.54) is 30.5 Å². The van der Waals surface area contributed by atoms with Crippen molar-refractivity contribution >= 4 is 0 Å². The smallest absolute Gasteiger partial charge is 0.0674 e. The number of nitrogens with zero attached hydrogens (tertiary/aromatic N) is 4. The molecule has 0 spiro atoms. The molecule has 3 rings (SSSR count). The largest absolute Gasteiger partial charge is 0.302 e. The lowest BCUT2D eigenvalue weighted by Crippen LogP contribution is -2.36. The van der Waals surface area contributed by atoms with Crippen molar-refractivity contribution in [1.82, 2.24) is 19.6 Å². The number of likely N-dealkylation sites (N-methyl/N-ethyl adjacent to an activating group) is 2. The third-order valence-electron chi connectivity index (χ3n) is 4.64. The van der Waals surface area contributed by atoms with Crippen LogP contribution >= 0.6 is 0 Å². The van der Waals surface area contributed by atoms with E-state index in [4.69, 9.17) is 0 Å². The minimum absolute atomic E-state index is 0.705. The van der Waals surface area contributed by atoms with Crippen LogP contribution in [0.2, 0.25) is 0 Å². The van der Waals surface area contributed by atoms with Crippen molar-refractivity contribution in [2.75, 3.05) is 27.2 Å². The molecule has 1 fully saturated rings. The van der Waals surface area contributed by atoms with E-state index in [-0.39, 0.29) is 0 Å². The van der Waals surface area contributed by atoms with Gasteiger partial charge in [0, 0.05) is 30.9 Å². The molecule has 1 aliphatic rings. The monoisotopic (exact) mass is 298 g/mol. The minimum atomic E-state index is 0.705. The molecule has 0 saturated carbocycles. The molecule has 0 unspecified atom stereocenters. The molecule has 0 radical (unpaired) electrons. The summed E-state index contributed by atoms with van der Waals surface area (Å²) in [7, 11) is 4.44. The number of rotatable bonds is 5. The van der Waals surface area contributed by atoms with E-state index in [2.05, 4.69) is 66.4 Å². The fraction of sp³-hybridized carbons (Fsp3) is 0.500. The molecule has 1 aliphatic heterocycles. The normalized spacial score (nSPS) is 19.2. The summed E-state index contributed by atoms with van der Waals surface area (Å²) in [5, 5.41) is 4.53. The average molecular weight is 298 g/mol. The second-order valence-corrected chi connectivity index (χ2v) is 6.55. The molecule has 4 nitrogen and oxygen atoms in total. The number of para-hydroxylation sites is 1. The Kier molecular flexibility index (Phi) is 4.60. The first-order valence-corrected chi connectivity index (χ1v) is 8.12. The van der Waals surface area contributed by atoms with Gasteiger partial charge < -0.3 is 9.80 Å². The van der Waals surface area contributed by atoms with Gasteiger partial charge in [-0.25, -0.2) is 4.68 Å². The van der Waals surface area contributed by atoms with Crippen molar-refractivity contribution in [2.45, 2.75) is 32.4 Å². The predicted octanol–water partition coefficient (Wildman–Crippen LogP) is 2.71. The van der Waals surface area contributed by atoms with Gasteiger partial charge in [-0.2, -0.15) is 5.10 Å². The van der Waals surface area contributed by atoms with E-state index in [1.54, 1.807) is 0 Å². The number of hydrogen-bond donors (Lipinski definition) is 0. The molecule has 1 saturated heterocycles. The van der Waals surface area contributed by atoms with Crippen LogP contribution in [-0.2, 0) is 6.54 Å². The van der Waals surface area contributed by atoms with E-state index in [0.717, 1.165) is 18.8 Å². The molecule has 22 heavy (non-hydrogen) atoms. The zero-order chi connectivity index (χ0) is 15.5. The number of aromatic nitrogens is 2. The van der Waals surface area contributed by atoms with Crippen LogP contribution in [0.25, 0.3) is 5.69 Å². The van der Waals surface area contributed by atoms with Crippen molar-refractivity contribution in [3.05, 3.63) is 47.8 Å². The van der Waals surface area contributed by atoms with Crippen LogP contribution in [0.3, 0.4) is 0 Å². The maximum absolute atomic E-state index is 4.53. The average Bonchev–Trinajstić information content (AvgIpc) is 3.10. The SMILES string of the molecule is Cc1ccccc1-n1cc(CN(C)C[C@@H]2CCCN2C)cn1. The molecule has 1 aromatic carbocycles. The Hall–Kier alpha value is -1.65. The standard InChI is InChI=1S/C18H26N4/c1-15-7-4-5-9-18(15)22-13-16(11-19-22)12-20(2)14-17-8-6-10-21(17)3/h4-5,7,9,11,13,17H,6,8,10,12,14H2,1-3H3/t17-/m0/s1. The second-order valence-electron chi connectivity index (χ2n) is 6.55. The molecule has 118 valence electrons.